The summed E-state index contributed by atoms with van der Waals surface area (Å²) in [4.78, 5) is 25.0. The summed E-state index contributed by atoms with van der Waals surface area (Å²) < 4.78 is 42.0. The van der Waals surface area contributed by atoms with E-state index in [1.165, 1.54) is 29.6 Å². The molecule has 0 fully saturated rings. The van der Waals surface area contributed by atoms with Gasteiger partial charge in [0.15, 0.2) is 5.00 Å². The molecule has 0 saturated heterocycles. The first-order chi connectivity index (χ1) is 15.9. The average Bonchev–Trinajstić information content (AvgIpc) is 3.46. The molecule has 2 heterocycles. The first-order valence-corrected chi connectivity index (χ1v) is 12.2. The zero-order valence-corrected chi connectivity index (χ0v) is 19.4. The maximum absolute atomic E-state index is 13.4. The Kier molecular flexibility index (Phi) is 6.29. The SMILES string of the molecule is CCOC(=O)c1nnsc1NC(=O)c1cc(S(=O)(=O)N2CCc3ccccc32)ccc1OC. The van der Waals surface area contributed by atoms with Gasteiger partial charge in [-0.15, -0.1) is 5.10 Å². The van der Waals surface area contributed by atoms with Crippen LogP contribution < -0.4 is 14.4 Å². The molecule has 1 aromatic heterocycles. The van der Waals surface area contributed by atoms with E-state index in [9.17, 15) is 18.0 Å². The topological polar surface area (TPSA) is 128 Å². The van der Waals surface area contributed by atoms with Gasteiger partial charge in [0.25, 0.3) is 15.9 Å². The van der Waals surface area contributed by atoms with Gasteiger partial charge in [-0.25, -0.2) is 13.2 Å². The highest BCUT2D eigenvalue weighted by Gasteiger charge is 2.32. The van der Waals surface area contributed by atoms with Crippen molar-refractivity contribution >= 4 is 44.1 Å². The Balaban J connectivity index is 1.66. The van der Waals surface area contributed by atoms with Crippen molar-refractivity contribution in [2.75, 3.05) is 29.9 Å². The van der Waals surface area contributed by atoms with Gasteiger partial charge in [0.2, 0.25) is 5.69 Å². The number of carbonyl (C=O) groups is 2. The second kappa shape index (κ2) is 9.16. The Bertz CT molecular complexity index is 1320. The number of ether oxygens (including phenoxy) is 2. The predicted molar refractivity (Wildman–Crippen MR) is 121 cm³/mol. The van der Waals surface area contributed by atoms with Crippen LogP contribution in [0.25, 0.3) is 0 Å². The number of amides is 1. The lowest BCUT2D eigenvalue weighted by molar-refractivity contribution is 0.0520. The van der Waals surface area contributed by atoms with E-state index in [2.05, 4.69) is 14.9 Å². The number of methoxy groups -OCH3 is 1. The molecule has 1 N–H and O–H groups in total. The predicted octanol–water partition coefficient (Wildman–Crippen LogP) is 2.73. The summed E-state index contributed by atoms with van der Waals surface area (Å²) in [6, 6.07) is 11.4. The summed E-state index contributed by atoms with van der Waals surface area (Å²) in [7, 11) is -2.55. The third-order valence-electron chi connectivity index (χ3n) is 5.03. The van der Waals surface area contributed by atoms with Gasteiger partial charge in [0, 0.05) is 18.1 Å². The number of benzene rings is 2. The van der Waals surface area contributed by atoms with E-state index in [1.807, 2.05) is 12.1 Å². The molecule has 0 spiro atoms. The van der Waals surface area contributed by atoms with Crippen molar-refractivity contribution in [3.8, 4) is 5.75 Å². The highest BCUT2D eigenvalue weighted by molar-refractivity contribution is 7.92. The van der Waals surface area contributed by atoms with Gasteiger partial charge in [-0.3, -0.25) is 9.10 Å². The van der Waals surface area contributed by atoms with Crippen LogP contribution in [0.2, 0.25) is 0 Å². The summed E-state index contributed by atoms with van der Waals surface area (Å²) in [6.45, 7) is 2.09. The van der Waals surface area contributed by atoms with Crippen LogP contribution in [0.3, 0.4) is 0 Å². The number of para-hydroxylation sites is 1. The molecule has 0 aliphatic carbocycles. The molecule has 12 heteroatoms. The van der Waals surface area contributed by atoms with Crippen LogP contribution in [0, 0.1) is 0 Å². The third-order valence-corrected chi connectivity index (χ3v) is 7.48. The molecule has 0 unspecified atom stereocenters. The number of anilines is 2. The Hall–Kier alpha value is -3.51. The van der Waals surface area contributed by atoms with Gasteiger partial charge >= 0.3 is 5.97 Å². The summed E-state index contributed by atoms with van der Waals surface area (Å²) >= 11 is 0.801. The molecular formula is C21H20N4O6S2. The van der Waals surface area contributed by atoms with E-state index < -0.39 is 21.9 Å². The minimum absolute atomic E-state index is 0.0192. The fourth-order valence-electron chi connectivity index (χ4n) is 3.49. The van der Waals surface area contributed by atoms with Gasteiger partial charge in [-0.1, -0.05) is 22.7 Å². The fourth-order valence-corrected chi connectivity index (χ4v) is 5.57. The Morgan fingerprint density at radius 2 is 2.00 bits per heavy atom. The lowest BCUT2D eigenvalue weighted by Crippen LogP contribution is -2.29. The largest absolute Gasteiger partial charge is 0.496 e. The maximum Gasteiger partial charge on any atom is 0.362 e. The molecule has 1 aliphatic heterocycles. The van der Waals surface area contributed by atoms with Gasteiger partial charge in [0.05, 0.1) is 29.9 Å². The van der Waals surface area contributed by atoms with Crippen LogP contribution >= 0.6 is 11.5 Å². The molecule has 3 aromatic rings. The van der Waals surface area contributed by atoms with Crippen LogP contribution in [0.5, 0.6) is 5.75 Å². The summed E-state index contributed by atoms with van der Waals surface area (Å²) in [6.07, 6.45) is 0.605. The number of nitrogens with one attached hydrogen (secondary N) is 1. The standard InChI is InChI=1S/C21H20N4O6S2/c1-3-31-21(27)18-20(32-24-23-18)22-19(26)15-12-14(8-9-17(15)30-2)33(28,29)25-11-10-13-6-4-5-7-16(13)25/h4-9,12H,3,10-11H2,1-2H3,(H,22,26). The first kappa shape index (κ1) is 22.7. The second-order valence-corrected chi connectivity index (χ2v) is 9.56. The number of hydrogen-bond donors (Lipinski definition) is 1. The quantitative estimate of drug-likeness (QED) is 0.503. The molecule has 0 bridgehead atoms. The summed E-state index contributed by atoms with van der Waals surface area (Å²) in [5, 5.41) is 6.34. The number of rotatable bonds is 7. The van der Waals surface area contributed by atoms with E-state index >= 15 is 0 Å². The maximum atomic E-state index is 13.4. The highest BCUT2D eigenvalue weighted by Crippen LogP contribution is 2.34. The zero-order chi connectivity index (χ0) is 23.6. The van der Waals surface area contributed by atoms with Crippen molar-refractivity contribution in [1.29, 1.82) is 0 Å². The molecule has 172 valence electrons. The number of hydrogen-bond acceptors (Lipinski definition) is 9. The lowest BCUT2D eigenvalue weighted by Gasteiger charge is -2.20. The smallest absolute Gasteiger partial charge is 0.362 e. The number of fused-ring (bicyclic) bond motifs is 1. The fraction of sp³-hybridized carbons (Fsp3) is 0.238. The minimum Gasteiger partial charge on any atom is -0.496 e. The number of carbonyl (C=O) groups excluding carboxylic acids is 2. The van der Waals surface area contributed by atoms with Gasteiger partial charge in [-0.2, -0.15) is 0 Å². The Labute approximate surface area is 194 Å². The highest BCUT2D eigenvalue weighted by atomic mass is 32.2. The molecule has 0 atom stereocenters. The molecule has 1 aliphatic rings. The Morgan fingerprint density at radius 1 is 1.21 bits per heavy atom. The van der Waals surface area contributed by atoms with Gasteiger partial charge in [-0.05, 0) is 43.2 Å². The van der Waals surface area contributed by atoms with Crippen LogP contribution in [-0.4, -0.2) is 50.1 Å². The van der Waals surface area contributed by atoms with Crippen molar-refractivity contribution in [3.05, 3.63) is 59.3 Å². The number of sulfonamides is 1. The van der Waals surface area contributed by atoms with Crippen molar-refractivity contribution in [2.45, 2.75) is 18.2 Å². The number of aromatic nitrogens is 2. The normalized spacial score (nSPS) is 12.8. The molecule has 10 nitrogen and oxygen atoms in total. The van der Waals surface area contributed by atoms with Crippen LogP contribution in [0.4, 0.5) is 10.7 Å². The van der Waals surface area contributed by atoms with Crippen molar-refractivity contribution in [3.63, 3.8) is 0 Å². The molecule has 0 saturated carbocycles. The monoisotopic (exact) mass is 488 g/mol. The van der Waals surface area contributed by atoms with Gasteiger partial charge in [0.1, 0.15) is 5.75 Å². The van der Waals surface area contributed by atoms with Crippen LogP contribution in [0.15, 0.2) is 47.4 Å². The molecule has 2 aromatic carbocycles. The van der Waals surface area contributed by atoms with E-state index in [0.717, 1.165) is 17.1 Å². The average molecular weight is 489 g/mol. The van der Waals surface area contributed by atoms with E-state index in [0.29, 0.717) is 18.7 Å². The third kappa shape index (κ3) is 4.26. The summed E-state index contributed by atoms with van der Waals surface area (Å²) in [5.74, 6) is -1.23. The lowest BCUT2D eigenvalue weighted by atomic mass is 10.2. The second-order valence-electron chi connectivity index (χ2n) is 6.94. The first-order valence-electron chi connectivity index (χ1n) is 9.96. The van der Waals surface area contributed by atoms with Crippen molar-refractivity contribution < 1.29 is 27.5 Å². The molecular weight excluding hydrogens is 468 g/mol. The number of nitrogens with zero attached hydrogens (tertiary/aromatic N) is 3. The minimum atomic E-state index is -3.92. The van der Waals surface area contributed by atoms with E-state index in [-0.39, 0.29) is 33.5 Å². The summed E-state index contributed by atoms with van der Waals surface area (Å²) in [5.41, 5.74) is 1.41. The van der Waals surface area contributed by atoms with Crippen LogP contribution in [0.1, 0.15) is 33.3 Å². The van der Waals surface area contributed by atoms with Crippen molar-refractivity contribution in [1.82, 2.24) is 9.59 Å². The van der Waals surface area contributed by atoms with Crippen LogP contribution in [-0.2, 0) is 21.2 Å². The zero-order valence-electron chi connectivity index (χ0n) is 17.8. The molecule has 0 radical (unpaired) electrons. The van der Waals surface area contributed by atoms with Crippen molar-refractivity contribution in [2.24, 2.45) is 0 Å². The van der Waals surface area contributed by atoms with E-state index in [4.69, 9.17) is 9.47 Å². The molecule has 4 rings (SSSR count). The number of esters is 1. The van der Waals surface area contributed by atoms with E-state index in [1.54, 1.807) is 19.1 Å². The van der Waals surface area contributed by atoms with Gasteiger partial charge < -0.3 is 14.8 Å². The molecule has 1 amide bonds. The molecule has 33 heavy (non-hydrogen) atoms. The Morgan fingerprint density at radius 3 is 2.76 bits per heavy atom.